The van der Waals surface area contributed by atoms with Crippen LogP contribution in [0.5, 0.6) is 5.75 Å². The van der Waals surface area contributed by atoms with Crippen molar-refractivity contribution in [3.63, 3.8) is 0 Å². The molecule has 4 aromatic carbocycles. The Morgan fingerprint density at radius 2 is 1.64 bits per heavy atom. The van der Waals surface area contributed by atoms with E-state index in [4.69, 9.17) is 16.3 Å². The number of ether oxygens (including phenoxy) is 1. The number of nitrogens with one attached hydrogen (secondary N) is 1. The van der Waals surface area contributed by atoms with Gasteiger partial charge in [-0.2, -0.15) is 0 Å². The van der Waals surface area contributed by atoms with Gasteiger partial charge < -0.3 is 15.0 Å². The van der Waals surface area contributed by atoms with E-state index in [-0.39, 0.29) is 23.3 Å². The standard InChI is InChI=1S/C32H28ClN3O5S/c33-25-13-15-26(16-14-25)42(39,40)36-18-6-9-23-19-24(12-17-27(23)36)32(38)35-21-30(41-29-11-5-4-10-28(29)35)31(37)34-20-22-7-2-1-3-8-22/h1-5,7-8,10-17,19,30H,6,9,18,20-21H2,(H,34,37). The molecule has 0 bridgehead atoms. The van der Waals surface area contributed by atoms with Gasteiger partial charge in [-0.3, -0.25) is 13.9 Å². The zero-order chi connectivity index (χ0) is 29.3. The number of hydrogen-bond donors (Lipinski definition) is 1. The minimum Gasteiger partial charge on any atom is -0.477 e. The summed E-state index contributed by atoms with van der Waals surface area (Å²) in [5.74, 6) is -0.179. The zero-order valence-corrected chi connectivity index (χ0v) is 24.1. The summed E-state index contributed by atoms with van der Waals surface area (Å²) in [5.41, 5.74) is 3.24. The molecule has 2 aliphatic rings. The molecule has 0 spiro atoms. The number of nitrogens with zero attached hydrogens (tertiary/aromatic N) is 2. The number of carbonyl (C=O) groups is 2. The Morgan fingerprint density at radius 3 is 2.43 bits per heavy atom. The van der Waals surface area contributed by atoms with E-state index in [1.54, 1.807) is 53.4 Å². The maximum Gasteiger partial charge on any atom is 0.264 e. The molecule has 0 aliphatic carbocycles. The summed E-state index contributed by atoms with van der Waals surface area (Å²) in [6, 6.07) is 27.8. The number of para-hydroxylation sites is 2. The lowest BCUT2D eigenvalue weighted by atomic mass is 10.00. The lowest BCUT2D eigenvalue weighted by molar-refractivity contribution is -0.128. The van der Waals surface area contributed by atoms with Crippen molar-refractivity contribution < 1.29 is 22.7 Å². The first-order valence-corrected chi connectivity index (χ1v) is 15.4. The highest BCUT2D eigenvalue weighted by Gasteiger charge is 2.35. The number of anilines is 2. The van der Waals surface area contributed by atoms with Crippen molar-refractivity contribution >= 4 is 44.8 Å². The van der Waals surface area contributed by atoms with Crippen LogP contribution in [-0.2, 0) is 27.8 Å². The van der Waals surface area contributed by atoms with Crippen LogP contribution in [0.2, 0.25) is 5.02 Å². The van der Waals surface area contributed by atoms with E-state index in [9.17, 15) is 18.0 Å². The Balaban J connectivity index is 1.25. The Hall–Kier alpha value is -4.34. The molecule has 0 radical (unpaired) electrons. The number of benzene rings is 4. The van der Waals surface area contributed by atoms with Crippen molar-refractivity contribution in [3.05, 3.63) is 119 Å². The van der Waals surface area contributed by atoms with E-state index in [0.29, 0.717) is 53.6 Å². The molecule has 0 saturated heterocycles. The van der Waals surface area contributed by atoms with E-state index in [2.05, 4.69) is 5.32 Å². The van der Waals surface area contributed by atoms with Crippen LogP contribution in [0.25, 0.3) is 0 Å². The van der Waals surface area contributed by atoms with Crippen LogP contribution in [-0.4, -0.2) is 39.4 Å². The van der Waals surface area contributed by atoms with Crippen LogP contribution in [0.1, 0.15) is 27.9 Å². The average molecular weight is 602 g/mol. The van der Waals surface area contributed by atoms with E-state index in [1.165, 1.54) is 16.4 Å². The molecule has 2 heterocycles. The monoisotopic (exact) mass is 601 g/mol. The lowest BCUT2D eigenvalue weighted by Crippen LogP contribution is -2.50. The third-order valence-electron chi connectivity index (χ3n) is 7.42. The first kappa shape index (κ1) is 27.8. The maximum absolute atomic E-state index is 13.9. The molecule has 42 heavy (non-hydrogen) atoms. The molecule has 1 atom stereocenters. The second-order valence-corrected chi connectivity index (χ2v) is 12.5. The smallest absolute Gasteiger partial charge is 0.264 e. The zero-order valence-electron chi connectivity index (χ0n) is 22.6. The third-order valence-corrected chi connectivity index (χ3v) is 9.50. The molecule has 2 aliphatic heterocycles. The molecule has 0 fully saturated rings. The second-order valence-electron chi connectivity index (χ2n) is 10.2. The van der Waals surface area contributed by atoms with Crippen molar-refractivity contribution in [3.8, 4) is 5.75 Å². The summed E-state index contributed by atoms with van der Waals surface area (Å²) in [6.07, 6.45) is 0.347. The first-order valence-electron chi connectivity index (χ1n) is 13.6. The van der Waals surface area contributed by atoms with E-state index < -0.39 is 16.1 Å². The largest absolute Gasteiger partial charge is 0.477 e. The fourth-order valence-electron chi connectivity index (χ4n) is 5.30. The maximum atomic E-state index is 13.9. The summed E-state index contributed by atoms with van der Waals surface area (Å²) in [7, 11) is -3.81. The number of carbonyl (C=O) groups excluding carboxylic acids is 2. The van der Waals surface area contributed by atoms with E-state index in [1.807, 2.05) is 36.4 Å². The first-order chi connectivity index (χ1) is 20.3. The number of sulfonamides is 1. The fraction of sp³-hybridized carbons (Fsp3) is 0.188. The quantitative estimate of drug-likeness (QED) is 0.328. The van der Waals surface area contributed by atoms with Gasteiger partial charge >= 0.3 is 0 Å². The Bertz CT molecular complexity index is 1750. The van der Waals surface area contributed by atoms with E-state index in [0.717, 1.165) is 11.1 Å². The summed E-state index contributed by atoms with van der Waals surface area (Å²) in [4.78, 5) is 28.7. The van der Waals surface area contributed by atoms with Gasteiger partial charge in [0.2, 0.25) is 0 Å². The van der Waals surface area contributed by atoms with Gasteiger partial charge in [-0.25, -0.2) is 8.42 Å². The van der Waals surface area contributed by atoms with Crippen LogP contribution < -0.4 is 19.3 Å². The van der Waals surface area contributed by atoms with Crippen LogP contribution in [0.3, 0.4) is 0 Å². The number of rotatable bonds is 6. The normalized spacial score (nSPS) is 16.2. The van der Waals surface area contributed by atoms with Gasteiger partial charge in [-0.15, -0.1) is 0 Å². The van der Waals surface area contributed by atoms with Gasteiger partial charge in [0.15, 0.2) is 6.10 Å². The van der Waals surface area contributed by atoms with Crippen LogP contribution in [0, 0.1) is 0 Å². The Labute approximate surface area is 249 Å². The Kier molecular flexibility index (Phi) is 7.62. The van der Waals surface area contributed by atoms with Gasteiger partial charge in [-0.1, -0.05) is 54.1 Å². The third kappa shape index (κ3) is 5.45. The summed E-state index contributed by atoms with van der Waals surface area (Å²) >= 11 is 5.96. The molecule has 2 amide bonds. The summed E-state index contributed by atoms with van der Waals surface area (Å²) in [6.45, 7) is 0.710. The molecular formula is C32H28ClN3O5S. The van der Waals surface area contributed by atoms with Crippen molar-refractivity contribution in [1.82, 2.24) is 5.32 Å². The van der Waals surface area contributed by atoms with Crippen molar-refractivity contribution in [2.75, 3.05) is 22.3 Å². The number of aryl methyl sites for hydroxylation is 1. The van der Waals surface area contributed by atoms with Crippen molar-refractivity contribution in [1.29, 1.82) is 0 Å². The van der Waals surface area contributed by atoms with Crippen molar-refractivity contribution in [2.24, 2.45) is 0 Å². The van der Waals surface area contributed by atoms with Gasteiger partial charge in [0.25, 0.3) is 21.8 Å². The molecular weight excluding hydrogens is 574 g/mol. The molecule has 214 valence electrons. The molecule has 6 rings (SSSR count). The summed E-state index contributed by atoms with van der Waals surface area (Å²) < 4.78 is 34.3. The molecule has 1 N–H and O–H groups in total. The van der Waals surface area contributed by atoms with Gasteiger partial charge in [0.05, 0.1) is 22.8 Å². The predicted octanol–water partition coefficient (Wildman–Crippen LogP) is 5.21. The van der Waals surface area contributed by atoms with E-state index >= 15 is 0 Å². The molecule has 10 heteroatoms. The second kappa shape index (κ2) is 11.5. The molecule has 1 unspecified atom stereocenters. The van der Waals surface area contributed by atoms with Crippen LogP contribution in [0.4, 0.5) is 11.4 Å². The minimum atomic E-state index is -3.81. The average Bonchev–Trinajstić information content (AvgIpc) is 3.02. The highest BCUT2D eigenvalue weighted by atomic mass is 35.5. The number of halogens is 1. The van der Waals surface area contributed by atoms with Gasteiger partial charge in [0.1, 0.15) is 5.75 Å². The topological polar surface area (TPSA) is 96.0 Å². The lowest BCUT2D eigenvalue weighted by Gasteiger charge is -2.35. The number of fused-ring (bicyclic) bond motifs is 2. The highest BCUT2D eigenvalue weighted by Crippen LogP contribution is 2.36. The number of amides is 2. The molecule has 0 aromatic heterocycles. The minimum absolute atomic E-state index is 0.0324. The van der Waals surface area contributed by atoms with Gasteiger partial charge in [-0.05, 0) is 78.6 Å². The molecule has 4 aromatic rings. The Morgan fingerprint density at radius 1 is 0.905 bits per heavy atom. The van der Waals surface area contributed by atoms with Crippen molar-refractivity contribution in [2.45, 2.75) is 30.4 Å². The molecule has 8 nitrogen and oxygen atoms in total. The molecule has 0 saturated carbocycles. The highest BCUT2D eigenvalue weighted by molar-refractivity contribution is 7.92. The summed E-state index contributed by atoms with van der Waals surface area (Å²) in [5, 5.41) is 3.36. The van der Waals surface area contributed by atoms with Gasteiger partial charge in [0, 0.05) is 23.7 Å². The van der Waals surface area contributed by atoms with Crippen LogP contribution >= 0.6 is 11.6 Å². The SMILES string of the molecule is O=C(NCc1ccccc1)C1CN(C(=O)c2ccc3c(c2)CCCN3S(=O)(=O)c2ccc(Cl)cc2)c2ccccc2O1. The van der Waals surface area contributed by atoms with Crippen LogP contribution in [0.15, 0.2) is 102 Å². The predicted molar refractivity (Wildman–Crippen MR) is 162 cm³/mol. The number of hydrogen-bond acceptors (Lipinski definition) is 5. The fourth-order valence-corrected chi connectivity index (χ4v) is 6.96.